The van der Waals surface area contributed by atoms with Crippen LogP contribution in [-0.4, -0.2) is 43.2 Å². The molecule has 0 radical (unpaired) electrons. The average molecular weight is 237 g/mol. The lowest BCUT2D eigenvalue weighted by atomic mass is 10.2. The molecule has 0 spiro atoms. The number of likely N-dealkylation sites (N-methyl/N-ethyl adjacent to an activating group) is 1. The molecular formula is C10H21ClN2O2. The molecule has 2 N–H and O–H groups in total. The zero-order chi connectivity index (χ0) is 10.7. The average Bonchev–Trinajstić information content (AvgIpc) is 2.94. The molecule has 1 saturated carbocycles. The highest BCUT2D eigenvalue weighted by atomic mass is 35.5. The van der Waals surface area contributed by atoms with Crippen LogP contribution in [0.1, 0.15) is 20.3 Å². The maximum Gasteiger partial charge on any atom is 0.228 e. The second-order valence-electron chi connectivity index (χ2n) is 3.87. The monoisotopic (exact) mass is 236 g/mol. The van der Waals surface area contributed by atoms with Gasteiger partial charge >= 0.3 is 0 Å². The Balaban J connectivity index is 0.00000196. The van der Waals surface area contributed by atoms with E-state index in [1.165, 1.54) is 0 Å². The maximum absolute atomic E-state index is 11.8. The summed E-state index contributed by atoms with van der Waals surface area (Å²) in [4.78, 5) is 13.5. The second-order valence-corrected chi connectivity index (χ2v) is 3.87. The molecule has 1 fully saturated rings. The number of ether oxygens (including phenoxy) is 1. The van der Waals surface area contributed by atoms with Gasteiger partial charge in [0.15, 0.2) is 0 Å². The highest BCUT2D eigenvalue weighted by Gasteiger charge is 2.45. The lowest BCUT2D eigenvalue weighted by Crippen LogP contribution is -2.41. The molecule has 0 bridgehead atoms. The number of halogens is 1. The van der Waals surface area contributed by atoms with E-state index in [2.05, 4.69) is 0 Å². The largest absolute Gasteiger partial charge is 0.378 e. The van der Waals surface area contributed by atoms with Gasteiger partial charge in [-0.25, -0.2) is 0 Å². The number of hydrogen-bond acceptors (Lipinski definition) is 3. The minimum Gasteiger partial charge on any atom is -0.378 e. The summed E-state index contributed by atoms with van der Waals surface area (Å²) in [7, 11) is 1.81. The number of amides is 1. The van der Waals surface area contributed by atoms with Gasteiger partial charge in [0.2, 0.25) is 5.91 Å². The minimum absolute atomic E-state index is 0. The first-order chi connectivity index (χ1) is 6.61. The Hall–Kier alpha value is -0.320. The van der Waals surface area contributed by atoms with Crippen molar-refractivity contribution in [2.45, 2.75) is 32.4 Å². The third-order valence-electron chi connectivity index (χ3n) is 2.78. The van der Waals surface area contributed by atoms with E-state index >= 15 is 0 Å². The predicted molar refractivity (Wildman–Crippen MR) is 62.1 cm³/mol. The third kappa shape index (κ3) is 3.63. The van der Waals surface area contributed by atoms with Gasteiger partial charge in [-0.3, -0.25) is 4.79 Å². The fraction of sp³-hybridized carbons (Fsp3) is 0.900. The van der Waals surface area contributed by atoms with E-state index in [0.29, 0.717) is 13.2 Å². The van der Waals surface area contributed by atoms with Crippen LogP contribution in [0.25, 0.3) is 0 Å². The molecule has 4 nitrogen and oxygen atoms in total. The van der Waals surface area contributed by atoms with Crippen LogP contribution in [0.3, 0.4) is 0 Å². The third-order valence-corrected chi connectivity index (χ3v) is 2.78. The normalized spacial score (nSPS) is 25.3. The summed E-state index contributed by atoms with van der Waals surface area (Å²) in [5, 5.41) is 0. The highest BCUT2D eigenvalue weighted by Crippen LogP contribution is 2.35. The van der Waals surface area contributed by atoms with E-state index in [9.17, 15) is 4.79 Å². The van der Waals surface area contributed by atoms with Gasteiger partial charge in [0.25, 0.3) is 0 Å². The van der Waals surface area contributed by atoms with Crippen LogP contribution in [0.4, 0.5) is 0 Å². The molecular weight excluding hydrogens is 216 g/mol. The smallest absolute Gasteiger partial charge is 0.228 e. The van der Waals surface area contributed by atoms with Crippen molar-refractivity contribution < 1.29 is 9.53 Å². The van der Waals surface area contributed by atoms with E-state index < -0.39 is 0 Å². The van der Waals surface area contributed by atoms with E-state index in [1.54, 1.807) is 11.9 Å². The molecule has 1 aliphatic carbocycles. The Morgan fingerprint density at radius 1 is 1.67 bits per heavy atom. The van der Waals surface area contributed by atoms with Crippen LogP contribution in [-0.2, 0) is 9.53 Å². The predicted octanol–water partition coefficient (Wildman–Crippen LogP) is 0.639. The van der Waals surface area contributed by atoms with Gasteiger partial charge in [0.1, 0.15) is 0 Å². The zero-order valence-electron chi connectivity index (χ0n) is 9.60. The van der Waals surface area contributed by atoms with Crippen molar-refractivity contribution in [2.24, 2.45) is 11.7 Å². The maximum atomic E-state index is 11.8. The van der Waals surface area contributed by atoms with Crippen LogP contribution < -0.4 is 5.73 Å². The SMILES string of the molecule is CCOC1CC1C(=O)N(C)C(C)CN.Cl. The van der Waals surface area contributed by atoms with E-state index in [-0.39, 0.29) is 36.4 Å². The Kier molecular flexibility index (Phi) is 6.17. The molecule has 90 valence electrons. The number of nitrogens with two attached hydrogens (primary N) is 1. The van der Waals surface area contributed by atoms with Crippen LogP contribution in [0.5, 0.6) is 0 Å². The van der Waals surface area contributed by atoms with Gasteiger partial charge in [0, 0.05) is 26.2 Å². The standard InChI is InChI=1S/C10H20N2O2.ClH/c1-4-14-9-5-8(9)10(13)12(3)7(2)6-11;/h7-9H,4-6,11H2,1-3H3;1H. The van der Waals surface area contributed by atoms with Crippen molar-refractivity contribution >= 4 is 18.3 Å². The van der Waals surface area contributed by atoms with Crippen molar-refractivity contribution in [1.82, 2.24) is 4.90 Å². The van der Waals surface area contributed by atoms with Crippen molar-refractivity contribution in [3.8, 4) is 0 Å². The molecule has 0 saturated heterocycles. The summed E-state index contributed by atoms with van der Waals surface area (Å²) in [5.41, 5.74) is 5.50. The van der Waals surface area contributed by atoms with Gasteiger partial charge in [-0.1, -0.05) is 0 Å². The van der Waals surface area contributed by atoms with Gasteiger partial charge < -0.3 is 15.4 Å². The summed E-state index contributed by atoms with van der Waals surface area (Å²) < 4.78 is 5.37. The van der Waals surface area contributed by atoms with Crippen molar-refractivity contribution in [1.29, 1.82) is 0 Å². The minimum atomic E-state index is 0. The Morgan fingerprint density at radius 3 is 2.73 bits per heavy atom. The molecule has 1 aliphatic rings. The molecule has 0 aliphatic heterocycles. The van der Waals surface area contributed by atoms with Crippen molar-refractivity contribution in [3.05, 3.63) is 0 Å². The van der Waals surface area contributed by atoms with Crippen molar-refractivity contribution in [2.75, 3.05) is 20.2 Å². The van der Waals surface area contributed by atoms with Crippen LogP contribution in [0.15, 0.2) is 0 Å². The zero-order valence-corrected chi connectivity index (χ0v) is 10.4. The molecule has 15 heavy (non-hydrogen) atoms. The molecule has 0 aromatic heterocycles. The van der Waals surface area contributed by atoms with E-state index in [4.69, 9.17) is 10.5 Å². The lowest BCUT2D eigenvalue weighted by molar-refractivity contribution is -0.133. The molecule has 3 atom stereocenters. The molecule has 5 heteroatoms. The van der Waals surface area contributed by atoms with Gasteiger partial charge in [-0.15, -0.1) is 12.4 Å². The van der Waals surface area contributed by atoms with Gasteiger partial charge in [-0.2, -0.15) is 0 Å². The molecule has 0 heterocycles. The summed E-state index contributed by atoms with van der Waals surface area (Å²) in [6.45, 7) is 5.10. The molecule has 0 aromatic rings. The summed E-state index contributed by atoms with van der Waals surface area (Å²) in [5.74, 6) is 0.246. The number of carbonyl (C=O) groups is 1. The number of hydrogen-bond donors (Lipinski definition) is 1. The number of nitrogens with zero attached hydrogens (tertiary/aromatic N) is 1. The second kappa shape index (κ2) is 6.30. The molecule has 1 amide bonds. The molecule has 3 unspecified atom stereocenters. The first-order valence-electron chi connectivity index (χ1n) is 5.20. The Bertz CT molecular complexity index is 214. The first kappa shape index (κ1) is 14.7. The Morgan fingerprint density at radius 2 is 2.27 bits per heavy atom. The van der Waals surface area contributed by atoms with Gasteiger partial charge in [0.05, 0.1) is 12.0 Å². The quantitative estimate of drug-likeness (QED) is 0.762. The molecule has 1 rings (SSSR count). The molecule has 0 aromatic carbocycles. The lowest BCUT2D eigenvalue weighted by Gasteiger charge is -2.23. The number of rotatable bonds is 5. The van der Waals surface area contributed by atoms with Crippen LogP contribution in [0.2, 0.25) is 0 Å². The topological polar surface area (TPSA) is 55.6 Å². The van der Waals surface area contributed by atoms with Gasteiger partial charge in [-0.05, 0) is 20.3 Å². The number of carbonyl (C=O) groups excluding carboxylic acids is 1. The summed E-state index contributed by atoms with van der Waals surface area (Å²) in [6, 6.07) is 0.116. The first-order valence-corrected chi connectivity index (χ1v) is 5.20. The van der Waals surface area contributed by atoms with Crippen LogP contribution >= 0.6 is 12.4 Å². The summed E-state index contributed by atoms with van der Waals surface area (Å²) in [6.07, 6.45) is 1.02. The van der Waals surface area contributed by atoms with Crippen molar-refractivity contribution in [3.63, 3.8) is 0 Å². The van der Waals surface area contributed by atoms with E-state index in [0.717, 1.165) is 6.42 Å². The summed E-state index contributed by atoms with van der Waals surface area (Å²) >= 11 is 0. The Labute approximate surface area is 97.5 Å². The fourth-order valence-electron chi connectivity index (χ4n) is 1.47. The van der Waals surface area contributed by atoms with Crippen LogP contribution in [0, 0.1) is 5.92 Å². The fourth-order valence-corrected chi connectivity index (χ4v) is 1.47. The highest BCUT2D eigenvalue weighted by molar-refractivity contribution is 5.85. The van der Waals surface area contributed by atoms with E-state index in [1.807, 2.05) is 13.8 Å².